The summed E-state index contributed by atoms with van der Waals surface area (Å²) >= 11 is 6.35. The van der Waals surface area contributed by atoms with Crippen LogP contribution in [0.2, 0.25) is 12.5 Å². The fourth-order valence-electron chi connectivity index (χ4n) is 0.996. The zero-order chi connectivity index (χ0) is 11.4. The van der Waals surface area contributed by atoms with Crippen LogP contribution in [-0.2, 0) is 0 Å². The van der Waals surface area contributed by atoms with E-state index in [0.717, 1.165) is 0 Å². The fourth-order valence-corrected chi connectivity index (χ4v) is 6.68. The molecule has 0 aromatic carbocycles. The predicted molar refractivity (Wildman–Crippen MR) is 98.6 cm³/mol. The first kappa shape index (κ1) is 19.5. The first-order valence-corrected chi connectivity index (χ1v) is 40.1. The van der Waals surface area contributed by atoms with Crippen LogP contribution in [0, 0.1) is 0 Å². The molecule has 0 nitrogen and oxygen atoms in total. The van der Waals surface area contributed by atoms with E-state index in [9.17, 15) is 0 Å². The summed E-state index contributed by atoms with van der Waals surface area (Å²) in [5.74, 6) is 0. The molecule has 0 heterocycles. The summed E-state index contributed by atoms with van der Waals surface area (Å²) in [7, 11) is -0.727. The molecule has 0 aromatic heterocycles. The summed E-state index contributed by atoms with van der Waals surface area (Å²) in [6, 6.07) is 0. The third kappa shape index (κ3) is 20.5. The third-order valence-corrected chi connectivity index (χ3v) is 10.1. The van der Waals surface area contributed by atoms with Gasteiger partial charge in [-0.15, -0.1) is 0 Å². The van der Waals surface area contributed by atoms with E-state index in [4.69, 9.17) is 0 Å². The van der Waals surface area contributed by atoms with Crippen LogP contribution in [0.5, 0.6) is 0 Å². The molecule has 0 radical (unpaired) electrons. The quantitative estimate of drug-likeness (QED) is 0.257. The zero-order valence-electron chi connectivity index (χ0n) is 8.26. The molecule has 0 saturated carbocycles. The Morgan fingerprint density at radius 3 is 1.14 bits per heavy atom. The van der Waals surface area contributed by atoms with Gasteiger partial charge in [-0.3, -0.25) is 0 Å². The molecule has 0 amide bonds. The summed E-state index contributed by atoms with van der Waals surface area (Å²) in [6.45, 7) is 11.2. The maximum atomic E-state index is 3.75. The summed E-state index contributed by atoms with van der Waals surface area (Å²) in [5.41, 5.74) is 0. The predicted octanol–water partition coefficient (Wildman–Crippen LogP) is 5.32. The van der Waals surface area contributed by atoms with Gasteiger partial charge in [0.25, 0.3) is 0 Å². The SMILES string of the molecule is C=C[CH2][In]([CH2]C=C)[CH2]C=C.[I][In]([I])[I]. The molecule has 0 fully saturated rings. The van der Waals surface area contributed by atoms with Crippen LogP contribution >= 0.6 is 54.4 Å². The second-order valence-corrected chi connectivity index (χ2v) is 86.1. The van der Waals surface area contributed by atoms with Crippen LogP contribution < -0.4 is 0 Å². The van der Waals surface area contributed by atoms with Crippen LogP contribution in [0.1, 0.15) is 0 Å². The molecular weight excluding hydrogens is 718 g/mol. The molecule has 0 aromatic rings. The van der Waals surface area contributed by atoms with Gasteiger partial charge in [0.2, 0.25) is 0 Å². The van der Waals surface area contributed by atoms with Gasteiger partial charge in [-0.25, -0.2) is 0 Å². The molecule has 0 aliphatic rings. The number of allylic oxidation sites excluding steroid dienone is 3. The van der Waals surface area contributed by atoms with Crippen molar-refractivity contribution >= 4 is 84.8 Å². The summed E-state index contributed by atoms with van der Waals surface area (Å²) in [6.07, 6.45) is 6.15. The van der Waals surface area contributed by atoms with Gasteiger partial charge in [-0.05, 0) is 0 Å². The van der Waals surface area contributed by atoms with Gasteiger partial charge >= 0.3 is 135 Å². The van der Waals surface area contributed by atoms with Gasteiger partial charge in [0.1, 0.15) is 0 Å². The van der Waals surface area contributed by atoms with E-state index in [2.05, 4.69) is 74.1 Å². The second kappa shape index (κ2) is 16.2. The standard InChI is InChI=1S/3C3H5.3HI.2In/c3*1-3-2;;;;;/h3*3H,1-2H2;3*1H;;/q;;;;;;;+3/p-3. The third-order valence-electron chi connectivity index (χ3n) is 1.50. The Balaban J connectivity index is 0. The number of rotatable bonds is 6. The van der Waals surface area contributed by atoms with Gasteiger partial charge in [0, 0.05) is 0 Å². The van der Waals surface area contributed by atoms with E-state index < -0.39 is 30.4 Å². The van der Waals surface area contributed by atoms with Crippen molar-refractivity contribution in [3.63, 3.8) is 0 Å². The molecule has 14 heavy (non-hydrogen) atoms. The molecule has 0 spiro atoms. The second-order valence-electron chi connectivity index (χ2n) is 2.69. The van der Waals surface area contributed by atoms with Crippen LogP contribution in [-0.4, -0.2) is 30.4 Å². The first-order valence-electron chi connectivity index (χ1n) is 4.33. The average Bonchev–Trinajstić information content (AvgIpc) is 2.04. The summed E-state index contributed by atoms with van der Waals surface area (Å²) in [4.78, 5) is 0. The summed E-state index contributed by atoms with van der Waals surface area (Å²) < 4.78 is 3.83. The molecule has 0 saturated heterocycles. The van der Waals surface area contributed by atoms with Crippen LogP contribution in [0.15, 0.2) is 38.0 Å². The minimum atomic E-state index is -1.23. The van der Waals surface area contributed by atoms with Gasteiger partial charge < -0.3 is 0 Å². The molecule has 0 bridgehead atoms. The molecule has 0 aliphatic carbocycles. The Kier molecular flexibility index (Phi) is 22.5. The molecule has 0 unspecified atom stereocenters. The zero-order valence-corrected chi connectivity index (χ0v) is 21.3. The number of halogens is 3. The van der Waals surface area contributed by atoms with E-state index in [1.807, 2.05) is 18.2 Å². The van der Waals surface area contributed by atoms with Crippen molar-refractivity contribution in [1.29, 1.82) is 0 Å². The van der Waals surface area contributed by atoms with Crippen molar-refractivity contribution in [2.75, 3.05) is 0 Å². The molecule has 78 valence electrons. The topological polar surface area (TPSA) is 0 Å². The Bertz CT molecular complexity index is 134. The van der Waals surface area contributed by atoms with Crippen molar-refractivity contribution in [3.8, 4) is 0 Å². The van der Waals surface area contributed by atoms with E-state index in [1.165, 1.54) is 12.5 Å². The van der Waals surface area contributed by atoms with Crippen molar-refractivity contribution < 1.29 is 0 Å². The van der Waals surface area contributed by atoms with Crippen LogP contribution in [0.3, 0.4) is 0 Å². The minimum absolute atomic E-state index is 0.727. The molecule has 0 aliphatic heterocycles. The molecule has 5 heteroatoms. The van der Waals surface area contributed by atoms with Crippen molar-refractivity contribution in [3.05, 3.63) is 38.0 Å². The van der Waals surface area contributed by atoms with Crippen molar-refractivity contribution in [2.45, 2.75) is 12.5 Å². The van der Waals surface area contributed by atoms with Crippen LogP contribution in [0.4, 0.5) is 0 Å². The van der Waals surface area contributed by atoms with E-state index in [1.54, 1.807) is 0 Å². The first-order chi connectivity index (χ1) is 6.58. The Hall–Kier alpha value is 3.15. The van der Waals surface area contributed by atoms with Gasteiger partial charge in [-0.1, -0.05) is 0 Å². The van der Waals surface area contributed by atoms with Gasteiger partial charge in [0.15, 0.2) is 0 Å². The fraction of sp³-hybridized carbons (Fsp3) is 0.333. The van der Waals surface area contributed by atoms with E-state index in [-0.39, 0.29) is 0 Å². The number of hydrogen-bond donors (Lipinski definition) is 0. The normalized spacial score (nSPS) is 7.93. The Morgan fingerprint density at radius 2 is 1.00 bits per heavy atom. The van der Waals surface area contributed by atoms with E-state index in [0.29, 0.717) is 0 Å². The average molecular weight is 734 g/mol. The molecule has 0 atom stereocenters. The van der Waals surface area contributed by atoms with E-state index >= 15 is 0 Å². The molecule has 0 N–H and O–H groups in total. The Morgan fingerprint density at radius 1 is 0.786 bits per heavy atom. The van der Waals surface area contributed by atoms with Crippen molar-refractivity contribution in [1.82, 2.24) is 0 Å². The molecular formula is C9H15I3In2. The van der Waals surface area contributed by atoms with Gasteiger partial charge in [0.05, 0.1) is 0 Å². The summed E-state index contributed by atoms with van der Waals surface area (Å²) in [5, 5.41) is 0. The molecule has 0 rings (SSSR count). The monoisotopic (exact) mass is 734 g/mol. The van der Waals surface area contributed by atoms with Crippen molar-refractivity contribution in [2.24, 2.45) is 0 Å². The Labute approximate surface area is 132 Å². The van der Waals surface area contributed by atoms with Gasteiger partial charge in [-0.2, -0.15) is 0 Å². The number of hydrogen-bond acceptors (Lipinski definition) is 0. The maximum absolute atomic E-state index is 3.75. The van der Waals surface area contributed by atoms with Crippen LogP contribution in [0.25, 0.3) is 0 Å².